The molecule has 27 heavy (non-hydrogen) atoms. The molecule has 0 spiro atoms. The molecule has 0 saturated carbocycles. The SMILES string of the molecule is Cc1cc(O[C@@H]2C[C@H](C)N(Cc3nc4c(cc3F)OCCO4)C2)c(C)nn1. The fourth-order valence-corrected chi connectivity index (χ4v) is 3.47. The van der Waals surface area contributed by atoms with Crippen LogP contribution in [-0.2, 0) is 6.54 Å². The van der Waals surface area contributed by atoms with Crippen LogP contribution in [0.2, 0.25) is 0 Å². The van der Waals surface area contributed by atoms with Crippen molar-refractivity contribution in [2.75, 3.05) is 19.8 Å². The van der Waals surface area contributed by atoms with E-state index in [0.29, 0.717) is 43.6 Å². The number of pyridine rings is 1. The monoisotopic (exact) mass is 374 g/mol. The first-order valence-corrected chi connectivity index (χ1v) is 9.16. The van der Waals surface area contributed by atoms with Crippen molar-refractivity contribution in [3.8, 4) is 17.4 Å². The first kappa shape index (κ1) is 17.9. The van der Waals surface area contributed by atoms with Crippen molar-refractivity contribution in [3.63, 3.8) is 0 Å². The van der Waals surface area contributed by atoms with Crippen molar-refractivity contribution < 1.29 is 18.6 Å². The maximum Gasteiger partial charge on any atom is 0.257 e. The third-order valence-electron chi connectivity index (χ3n) is 4.93. The molecule has 0 bridgehead atoms. The molecule has 2 aliphatic rings. The molecule has 0 aromatic carbocycles. The number of ether oxygens (including phenoxy) is 3. The third-order valence-corrected chi connectivity index (χ3v) is 4.93. The molecular weight excluding hydrogens is 351 g/mol. The first-order chi connectivity index (χ1) is 13.0. The van der Waals surface area contributed by atoms with E-state index in [9.17, 15) is 4.39 Å². The molecule has 8 heteroatoms. The van der Waals surface area contributed by atoms with Crippen molar-refractivity contribution in [2.24, 2.45) is 0 Å². The van der Waals surface area contributed by atoms with Crippen molar-refractivity contribution in [3.05, 3.63) is 35.0 Å². The highest BCUT2D eigenvalue weighted by Crippen LogP contribution is 2.31. The summed E-state index contributed by atoms with van der Waals surface area (Å²) in [6.07, 6.45) is 0.870. The highest BCUT2D eigenvalue weighted by atomic mass is 19.1. The van der Waals surface area contributed by atoms with Crippen LogP contribution in [0.1, 0.15) is 30.4 Å². The topological polar surface area (TPSA) is 69.6 Å². The molecule has 0 amide bonds. The molecule has 1 saturated heterocycles. The van der Waals surface area contributed by atoms with E-state index in [1.165, 1.54) is 6.07 Å². The normalized spacial score (nSPS) is 22.1. The minimum atomic E-state index is -0.374. The van der Waals surface area contributed by atoms with Crippen molar-refractivity contribution >= 4 is 0 Å². The lowest BCUT2D eigenvalue weighted by Gasteiger charge is -2.22. The van der Waals surface area contributed by atoms with E-state index in [1.54, 1.807) is 0 Å². The zero-order chi connectivity index (χ0) is 19.0. The number of aromatic nitrogens is 3. The van der Waals surface area contributed by atoms with Gasteiger partial charge < -0.3 is 14.2 Å². The summed E-state index contributed by atoms with van der Waals surface area (Å²) in [6, 6.07) is 3.51. The quantitative estimate of drug-likeness (QED) is 0.814. The largest absolute Gasteiger partial charge is 0.487 e. The summed E-state index contributed by atoms with van der Waals surface area (Å²) in [4.78, 5) is 6.49. The number of halogens is 1. The number of hydrogen-bond donors (Lipinski definition) is 0. The van der Waals surface area contributed by atoms with Gasteiger partial charge in [0.1, 0.15) is 36.6 Å². The van der Waals surface area contributed by atoms with Crippen LogP contribution in [0.5, 0.6) is 17.4 Å². The Kier molecular flexibility index (Phi) is 4.82. The Morgan fingerprint density at radius 1 is 1.22 bits per heavy atom. The van der Waals surface area contributed by atoms with E-state index in [2.05, 4.69) is 27.0 Å². The van der Waals surface area contributed by atoms with Gasteiger partial charge in [0, 0.05) is 37.7 Å². The standard InChI is InChI=1S/C19H23FN4O3/c1-11-6-17(13(3)23-22-11)27-14-7-12(2)24(9-14)10-16-15(20)8-18-19(21-16)26-5-4-25-18/h6,8,12,14H,4-5,7,9-10H2,1-3H3/t12-,14+/m0/s1. The molecule has 2 aromatic rings. The highest BCUT2D eigenvalue weighted by Gasteiger charge is 2.32. The van der Waals surface area contributed by atoms with Crippen molar-refractivity contribution in [2.45, 2.75) is 45.9 Å². The summed E-state index contributed by atoms with van der Waals surface area (Å²) in [6.45, 7) is 7.82. The van der Waals surface area contributed by atoms with Gasteiger partial charge >= 0.3 is 0 Å². The molecule has 2 aromatic heterocycles. The highest BCUT2D eigenvalue weighted by molar-refractivity contribution is 5.36. The first-order valence-electron chi connectivity index (χ1n) is 9.16. The van der Waals surface area contributed by atoms with Crippen molar-refractivity contribution in [1.29, 1.82) is 0 Å². The zero-order valence-electron chi connectivity index (χ0n) is 15.7. The van der Waals surface area contributed by atoms with Crippen LogP contribution in [0.3, 0.4) is 0 Å². The van der Waals surface area contributed by atoms with Gasteiger partial charge in [0.2, 0.25) is 0 Å². The van der Waals surface area contributed by atoms with Gasteiger partial charge in [-0.2, -0.15) is 10.2 Å². The van der Waals surface area contributed by atoms with Gasteiger partial charge in [-0.25, -0.2) is 9.37 Å². The average Bonchev–Trinajstić information content (AvgIpc) is 2.98. The maximum atomic E-state index is 14.4. The summed E-state index contributed by atoms with van der Waals surface area (Å²) in [5, 5.41) is 8.14. The number of fused-ring (bicyclic) bond motifs is 1. The van der Waals surface area contributed by atoms with E-state index in [0.717, 1.165) is 23.6 Å². The molecule has 2 aliphatic heterocycles. The van der Waals surface area contributed by atoms with Gasteiger partial charge in [0.05, 0.1) is 11.4 Å². The van der Waals surface area contributed by atoms with Gasteiger partial charge in [-0.05, 0) is 20.8 Å². The second-order valence-electron chi connectivity index (χ2n) is 7.11. The predicted octanol–water partition coefficient (Wildman–Crippen LogP) is 2.44. The summed E-state index contributed by atoms with van der Waals surface area (Å²) in [5.74, 6) is 1.12. The molecule has 4 rings (SSSR count). The molecule has 1 fully saturated rings. The van der Waals surface area contributed by atoms with Crippen LogP contribution in [0.4, 0.5) is 4.39 Å². The van der Waals surface area contributed by atoms with Gasteiger partial charge in [0.15, 0.2) is 5.75 Å². The summed E-state index contributed by atoms with van der Waals surface area (Å²) >= 11 is 0. The molecule has 144 valence electrons. The van der Waals surface area contributed by atoms with Gasteiger partial charge in [-0.15, -0.1) is 0 Å². The van der Waals surface area contributed by atoms with E-state index < -0.39 is 0 Å². The average molecular weight is 374 g/mol. The van der Waals surface area contributed by atoms with Crippen LogP contribution in [0.25, 0.3) is 0 Å². The van der Waals surface area contributed by atoms with Gasteiger partial charge in [0.25, 0.3) is 5.88 Å². The Labute approximate surface area is 157 Å². The van der Waals surface area contributed by atoms with Gasteiger partial charge in [-0.1, -0.05) is 0 Å². The zero-order valence-corrected chi connectivity index (χ0v) is 15.7. The number of rotatable bonds is 4. The molecule has 2 atom stereocenters. The van der Waals surface area contributed by atoms with E-state index in [-0.39, 0.29) is 18.0 Å². The van der Waals surface area contributed by atoms with Crippen LogP contribution >= 0.6 is 0 Å². The summed E-state index contributed by atoms with van der Waals surface area (Å²) < 4.78 is 31.4. The summed E-state index contributed by atoms with van der Waals surface area (Å²) in [5.41, 5.74) is 1.96. The van der Waals surface area contributed by atoms with Crippen LogP contribution in [0.15, 0.2) is 12.1 Å². The minimum Gasteiger partial charge on any atom is -0.487 e. The number of nitrogens with zero attached hydrogens (tertiary/aromatic N) is 4. The smallest absolute Gasteiger partial charge is 0.257 e. The second-order valence-corrected chi connectivity index (χ2v) is 7.11. The lowest BCUT2D eigenvalue weighted by atomic mass is 10.2. The molecule has 0 unspecified atom stereocenters. The minimum absolute atomic E-state index is 0.0163. The molecule has 0 N–H and O–H groups in total. The Hall–Kier alpha value is -2.48. The third kappa shape index (κ3) is 3.80. The number of hydrogen-bond acceptors (Lipinski definition) is 7. The van der Waals surface area contributed by atoms with Crippen LogP contribution in [-0.4, -0.2) is 52.0 Å². The lowest BCUT2D eigenvalue weighted by molar-refractivity contribution is 0.160. The van der Waals surface area contributed by atoms with Gasteiger partial charge in [-0.3, -0.25) is 4.90 Å². The Morgan fingerprint density at radius 3 is 2.89 bits per heavy atom. The van der Waals surface area contributed by atoms with E-state index in [4.69, 9.17) is 14.2 Å². The van der Waals surface area contributed by atoms with Crippen molar-refractivity contribution in [1.82, 2.24) is 20.1 Å². The molecule has 0 aliphatic carbocycles. The Bertz CT molecular complexity index is 848. The molecular formula is C19H23FN4O3. The molecule has 7 nitrogen and oxygen atoms in total. The maximum absolute atomic E-state index is 14.4. The number of aryl methyl sites for hydroxylation is 2. The molecule has 4 heterocycles. The lowest BCUT2D eigenvalue weighted by Crippen LogP contribution is -2.29. The Balaban J connectivity index is 1.45. The van der Waals surface area contributed by atoms with E-state index >= 15 is 0 Å². The van der Waals surface area contributed by atoms with Crippen LogP contribution < -0.4 is 14.2 Å². The fourth-order valence-electron chi connectivity index (χ4n) is 3.47. The molecule has 0 radical (unpaired) electrons. The van der Waals surface area contributed by atoms with E-state index in [1.807, 2.05) is 19.9 Å². The predicted molar refractivity (Wildman–Crippen MR) is 95.6 cm³/mol. The number of likely N-dealkylation sites (tertiary alicyclic amines) is 1. The fraction of sp³-hybridized carbons (Fsp3) is 0.526. The summed E-state index contributed by atoms with van der Waals surface area (Å²) in [7, 11) is 0. The Morgan fingerprint density at radius 2 is 2.04 bits per heavy atom. The second kappa shape index (κ2) is 7.26. The van der Waals surface area contributed by atoms with Crippen LogP contribution in [0, 0.1) is 19.7 Å².